The summed E-state index contributed by atoms with van der Waals surface area (Å²) < 4.78 is 16.6. The van der Waals surface area contributed by atoms with Crippen LogP contribution in [0.15, 0.2) is 36.4 Å². The zero-order chi connectivity index (χ0) is 15.3. The fraction of sp³-hybridized carbons (Fsp3) is 0.235. The lowest BCUT2D eigenvalue weighted by molar-refractivity contribution is 0.0492. The highest BCUT2D eigenvalue weighted by Crippen LogP contribution is 2.49. The third-order valence-electron chi connectivity index (χ3n) is 4.22. The van der Waals surface area contributed by atoms with Gasteiger partial charge in [-0.1, -0.05) is 18.2 Å². The van der Waals surface area contributed by atoms with Gasteiger partial charge < -0.3 is 14.2 Å². The molecule has 5 heteroatoms. The van der Waals surface area contributed by atoms with Gasteiger partial charge in [-0.2, -0.15) is 0 Å². The first-order valence-electron chi connectivity index (χ1n) is 7.03. The molecule has 2 aliphatic rings. The van der Waals surface area contributed by atoms with Crippen molar-refractivity contribution in [2.75, 3.05) is 21.0 Å². The molecule has 0 aliphatic carbocycles. The number of benzene rings is 2. The molecule has 0 N–H and O–H groups in total. The summed E-state index contributed by atoms with van der Waals surface area (Å²) in [4.78, 5) is 14.3. The van der Waals surface area contributed by atoms with Gasteiger partial charge in [-0.15, -0.1) is 0 Å². The molecule has 0 radical (unpaired) electrons. The largest absolute Gasteiger partial charge is 0.496 e. The maximum Gasteiger partial charge on any atom is 0.257 e. The number of carbonyl (C=O) groups excluding carboxylic acids is 1. The number of ether oxygens (including phenoxy) is 3. The highest BCUT2D eigenvalue weighted by Gasteiger charge is 2.43. The molecule has 1 amide bonds. The average Bonchev–Trinajstić information content (AvgIpc) is 2.87. The van der Waals surface area contributed by atoms with Gasteiger partial charge in [-0.25, -0.2) is 0 Å². The van der Waals surface area contributed by atoms with Gasteiger partial charge in [0.2, 0.25) is 0 Å². The van der Waals surface area contributed by atoms with Crippen LogP contribution in [-0.2, 0) is 0 Å². The van der Waals surface area contributed by atoms with Crippen molar-refractivity contribution in [3.8, 4) is 17.2 Å². The molecule has 112 valence electrons. The third-order valence-corrected chi connectivity index (χ3v) is 4.22. The van der Waals surface area contributed by atoms with Crippen LogP contribution < -0.4 is 14.2 Å². The van der Waals surface area contributed by atoms with Gasteiger partial charge in [0.25, 0.3) is 5.91 Å². The molecule has 5 nitrogen and oxygen atoms in total. The van der Waals surface area contributed by atoms with Crippen LogP contribution in [0.1, 0.15) is 27.5 Å². The van der Waals surface area contributed by atoms with Gasteiger partial charge in [0.15, 0.2) is 6.73 Å². The number of amides is 1. The molecule has 2 aliphatic heterocycles. The maximum absolute atomic E-state index is 12.5. The predicted molar refractivity (Wildman–Crippen MR) is 79.5 cm³/mol. The lowest BCUT2D eigenvalue weighted by atomic mass is 9.95. The van der Waals surface area contributed by atoms with E-state index in [2.05, 4.69) is 0 Å². The van der Waals surface area contributed by atoms with E-state index in [1.54, 1.807) is 19.1 Å². The van der Waals surface area contributed by atoms with Crippen molar-refractivity contribution >= 4 is 5.91 Å². The zero-order valence-corrected chi connectivity index (χ0v) is 12.3. The van der Waals surface area contributed by atoms with Crippen LogP contribution in [0.5, 0.6) is 17.2 Å². The molecule has 0 spiro atoms. The summed E-state index contributed by atoms with van der Waals surface area (Å²) in [5, 5.41) is 0. The van der Waals surface area contributed by atoms with Crippen LogP contribution in [0.4, 0.5) is 0 Å². The van der Waals surface area contributed by atoms with Crippen molar-refractivity contribution in [1.29, 1.82) is 0 Å². The first kappa shape index (κ1) is 13.0. The van der Waals surface area contributed by atoms with Gasteiger partial charge in [-0.05, 0) is 11.6 Å². The molecule has 0 bridgehead atoms. The number of carbonyl (C=O) groups is 1. The highest BCUT2D eigenvalue weighted by molar-refractivity contribution is 6.00. The van der Waals surface area contributed by atoms with Crippen LogP contribution in [0, 0.1) is 0 Å². The number of methoxy groups -OCH3 is 2. The number of nitrogens with zero attached hydrogens (tertiary/aromatic N) is 1. The predicted octanol–water partition coefficient (Wildman–Crippen LogP) is 2.60. The van der Waals surface area contributed by atoms with Crippen molar-refractivity contribution in [3.63, 3.8) is 0 Å². The lowest BCUT2D eigenvalue weighted by Crippen LogP contribution is -2.36. The molecule has 0 saturated heterocycles. The second kappa shape index (κ2) is 4.66. The van der Waals surface area contributed by atoms with E-state index in [4.69, 9.17) is 14.2 Å². The number of hydrogen-bond acceptors (Lipinski definition) is 4. The van der Waals surface area contributed by atoms with E-state index < -0.39 is 0 Å². The Kier molecular flexibility index (Phi) is 2.76. The minimum Gasteiger partial charge on any atom is -0.496 e. The molecule has 2 heterocycles. The minimum atomic E-state index is -0.173. The molecule has 2 aromatic rings. The summed E-state index contributed by atoms with van der Waals surface area (Å²) in [6, 6.07) is 11.1. The van der Waals surface area contributed by atoms with E-state index in [9.17, 15) is 4.79 Å². The molecule has 1 atom stereocenters. The van der Waals surface area contributed by atoms with Gasteiger partial charge >= 0.3 is 0 Å². The normalized spacial score (nSPS) is 18.2. The van der Waals surface area contributed by atoms with Gasteiger partial charge in [-0.3, -0.25) is 9.69 Å². The summed E-state index contributed by atoms with van der Waals surface area (Å²) in [5.41, 5.74) is 2.58. The fourth-order valence-corrected chi connectivity index (χ4v) is 3.21. The summed E-state index contributed by atoms with van der Waals surface area (Å²) >= 11 is 0. The van der Waals surface area contributed by atoms with E-state index in [0.717, 1.165) is 16.7 Å². The second-order valence-corrected chi connectivity index (χ2v) is 5.28. The lowest BCUT2D eigenvalue weighted by Gasteiger charge is -2.33. The minimum absolute atomic E-state index is 0.0101. The number of rotatable bonds is 2. The van der Waals surface area contributed by atoms with E-state index in [0.29, 0.717) is 17.2 Å². The summed E-state index contributed by atoms with van der Waals surface area (Å²) in [5.74, 6) is 2.02. The van der Waals surface area contributed by atoms with Crippen LogP contribution in [0.3, 0.4) is 0 Å². The van der Waals surface area contributed by atoms with E-state index in [1.165, 1.54) is 0 Å². The first-order valence-corrected chi connectivity index (χ1v) is 7.03. The monoisotopic (exact) mass is 297 g/mol. The van der Waals surface area contributed by atoms with E-state index >= 15 is 0 Å². The molecule has 4 rings (SSSR count). The Labute approximate surface area is 128 Å². The summed E-state index contributed by atoms with van der Waals surface area (Å²) in [7, 11) is 3.21. The van der Waals surface area contributed by atoms with Gasteiger partial charge in [0, 0.05) is 17.7 Å². The SMILES string of the molecule is COc1cc(OC)c2c(c1)OCN1C(=O)c3ccccc3C21. The van der Waals surface area contributed by atoms with Crippen molar-refractivity contribution in [3.05, 3.63) is 53.1 Å². The van der Waals surface area contributed by atoms with Crippen molar-refractivity contribution < 1.29 is 19.0 Å². The first-order chi connectivity index (χ1) is 10.7. The number of fused-ring (bicyclic) bond motifs is 5. The molecular formula is C17H15NO4. The van der Waals surface area contributed by atoms with E-state index in [1.807, 2.05) is 36.4 Å². The summed E-state index contributed by atoms with van der Waals surface area (Å²) in [6.07, 6.45) is 0. The second-order valence-electron chi connectivity index (χ2n) is 5.28. The van der Waals surface area contributed by atoms with Crippen molar-refractivity contribution in [1.82, 2.24) is 4.90 Å². The van der Waals surface area contributed by atoms with Crippen LogP contribution >= 0.6 is 0 Å². The molecule has 0 fully saturated rings. The Morgan fingerprint density at radius 3 is 2.77 bits per heavy atom. The highest BCUT2D eigenvalue weighted by atomic mass is 16.5. The smallest absolute Gasteiger partial charge is 0.257 e. The van der Waals surface area contributed by atoms with Crippen LogP contribution in [0.2, 0.25) is 0 Å². The summed E-state index contributed by atoms with van der Waals surface area (Å²) in [6.45, 7) is 0.224. The molecule has 1 unspecified atom stereocenters. The standard InChI is InChI=1S/C17H15NO4/c1-20-10-7-13(21-2)15-14(8-10)22-9-18-16(15)11-5-3-4-6-12(11)17(18)19/h3-8,16H,9H2,1-2H3. The van der Waals surface area contributed by atoms with Crippen molar-refractivity contribution in [2.45, 2.75) is 6.04 Å². The van der Waals surface area contributed by atoms with E-state index in [-0.39, 0.29) is 18.7 Å². The fourth-order valence-electron chi connectivity index (χ4n) is 3.21. The Balaban J connectivity index is 1.95. The van der Waals surface area contributed by atoms with Crippen LogP contribution in [0.25, 0.3) is 0 Å². The third kappa shape index (κ3) is 1.62. The average molecular weight is 297 g/mol. The number of hydrogen-bond donors (Lipinski definition) is 0. The molecule has 0 aromatic heterocycles. The Hall–Kier alpha value is -2.69. The molecular weight excluding hydrogens is 282 g/mol. The molecule has 0 saturated carbocycles. The van der Waals surface area contributed by atoms with Crippen molar-refractivity contribution in [2.24, 2.45) is 0 Å². The van der Waals surface area contributed by atoms with Gasteiger partial charge in [0.05, 0.1) is 25.8 Å². The Morgan fingerprint density at radius 1 is 1.18 bits per heavy atom. The topological polar surface area (TPSA) is 48.0 Å². The maximum atomic E-state index is 12.5. The zero-order valence-electron chi connectivity index (χ0n) is 12.3. The Morgan fingerprint density at radius 2 is 2.00 bits per heavy atom. The molecule has 22 heavy (non-hydrogen) atoms. The quantitative estimate of drug-likeness (QED) is 0.855. The van der Waals surface area contributed by atoms with Crippen LogP contribution in [-0.4, -0.2) is 31.8 Å². The molecule has 2 aromatic carbocycles. The Bertz CT molecular complexity index is 754. The van der Waals surface area contributed by atoms with Gasteiger partial charge in [0.1, 0.15) is 17.2 Å².